The molecule has 1 unspecified atom stereocenters. The van der Waals surface area contributed by atoms with Crippen LogP contribution in [0.15, 0.2) is 35.7 Å². The predicted molar refractivity (Wildman–Crippen MR) is 111 cm³/mol. The lowest BCUT2D eigenvalue weighted by molar-refractivity contribution is 0.940. The summed E-state index contributed by atoms with van der Waals surface area (Å²) in [4.78, 5) is 29.3. The lowest BCUT2D eigenvalue weighted by Gasteiger charge is -2.16. The maximum absolute atomic E-state index is 13.1. The number of fused-ring (bicyclic) bond motifs is 3. The highest BCUT2D eigenvalue weighted by Crippen LogP contribution is 2.34. The molecule has 0 spiro atoms. The van der Waals surface area contributed by atoms with Crippen LogP contribution in [0.25, 0.3) is 26.1 Å². The molecule has 0 bridgehead atoms. The molecule has 1 aliphatic rings. The molecular formula is C18H19N5OS2. The van der Waals surface area contributed by atoms with Gasteiger partial charge in [-0.15, -0.1) is 11.3 Å². The van der Waals surface area contributed by atoms with Crippen molar-refractivity contribution in [2.75, 3.05) is 24.7 Å². The van der Waals surface area contributed by atoms with Crippen molar-refractivity contribution >= 4 is 55.0 Å². The van der Waals surface area contributed by atoms with Gasteiger partial charge in [-0.2, -0.15) is 11.8 Å². The molecule has 0 aliphatic heterocycles. The molecule has 0 saturated heterocycles. The zero-order valence-corrected chi connectivity index (χ0v) is 16.5. The van der Waals surface area contributed by atoms with Crippen molar-refractivity contribution in [3.8, 4) is 0 Å². The van der Waals surface area contributed by atoms with Crippen LogP contribution in [-0.2, 0) is 0 Å². The number of anilines is 1. The fourth-order valence-corrected chi connectivity index (χ4v) is 4.56. The normalized spacial score (nSPS) is 17.0. The van der Waals surface area contributed by atoms with E-state index in [1.54, 1.807) is 29.0 Å². The topological polar surface area (TPSA) is 63.9 Å². The Morgan fingerprint density at radius 1 is 1.38 bits per heavy atom. The molecule has 0 N–H and O–H groups in total. The molecule has 0 fully saturated rings. The largest absolute Gasteiger partial charge is 0.359 e. The summed E-state index contributed by atoms with van der Waals surface area (Å²) in [5.41, 5.74) is 1.51. The summed E-state index contributed by atoms with van der Waals surface area (Å²) in [6, 6.07) is 0. The standard InChI is InChI=1S/C18H19N5OS2/c1-4-22(2)16-13-14-15(26-17(13)20-9-19-16)18(24)23(10-21-14)11-5-7-12(25-3)8-6-11/h5-7,9-10,12H,4,8H2,1-3H3. The number of hydrogen-bond donors (Lipinski definition) is 0. The third-order valence-electron chi connectivity index (χ3n) is 4.62. The Bertz CT molecular complexity index is 1100. The highest BCUT2D eigenvalue weighted by molar-refractivity contribution is 7.99. The van der Waals surface area contributed by atoms with Gasteiger partial charge in [0, 0.05) is 24.5 Å². The Hall–Kier alpha value is -2.19. The maximum Gasteiger partial charge on any atom is 0.275 e. The molecule has 3 heterocycles. The van der Waals surface area contributed by atoms with E-state index >= 15 is 0 Å². The summed E-state index contributed by atoms with van der Waals surface area (Å²) in [5.74, 6) is 0.813. The molecule has 8 heteroatoms. The molecule has 0 aromatic carbocycles. The number of rotatable bonds is 4. The van der Waals surface area contributed by atoms with Gasteiger partial charge in [-0.05, 0) is 25.7 Å². The zero-order chi connectivity index (χ0) is 18.3. The van der Waals surface area contributed by atoms with Crippen molar-refractivity contribution in [3.63, 3.8) is 0 Å². The lowest BCUT2D eigenvalue weighted by Crippen LogP contribution is -2.20. The van der Waals surface area contributed by atoms with Gasteiger partial charge in [0.25, 0.3) is 5.56 Å². The molecule has 6 nitrogen and oxygen atoms in total. The van der Waals surface area contributed by atoms with Crippen LogP contribution in [0.2, 0.25) is 0 Å². The smallest absolute Gasteiger partial charge is 0.275 e. The van der Waals surface area contributed by atoms with Crippen LogP contribution in [0.4, 0.5) is 5.82 Å². The molecule has 0 amide bonds. The van der Waals surface area contributed by atoms with E-state index in [2.05, 4.69) is 40.3 Å². The molecule has 3 aromatic rings. The number of thiophene rings is 1. The Labute approximate surface area is 159 Å². The van der Waals surface area contributed by atoms with E-state index in [0.717, 1.165) is 34.7 Å². The van der Waals surface area contributed by atoms with Gasteiger partial charge in [0.05, 0.1) is 5.39 Å². The van der Waals surface area contributed by atoms with Gasteiger partial charge < -0.3 is 4.90 Å². The van der Waals surface area contributed by atoms with Gasteiger partial charge >= 0.3 is 0 Å². The van der Waals surface area contributed by atoms with Crippen LogP contribution in [0.5, 0.6) is 0 Å². The Balaban J connectivity index is 1.90. The number of hydrogen-bond acceptors (Lipinski definition) is 7. The number of thioether (sulfide) groups is 1. The van der Waals surface area contributed by atoms with Gasteiger partial charge in [-0.25, -0.2) is 15.0 Å². The van der Waals surface area contributed by atoms with E-state index in [0.29, 0.717) is 15.5 Å². The van der Waals surface area contributed by atoms with Crippen molar-refractivity contribution in [1.29, 1.82) is 0 Å². The fraction of sp³-hybridized carbons (Fsp3) is 0.333. The fourth-order valence-electron chi connectivity index (χ4n) is 3.02. The van der Waals surface area contributed by atoms with Gasteiger partial charge in [-0.1, -0.05) is 12.2 Å². The Morgan fingerprint density at radius 2 is 2.23 bits per heavy atom. The first kappa shape index (κ1) is 17.2. The molecule has 3 aromatic heterocycles. The number of nitrogens with zero attached hydrogens (tertiary/aromatic N) is 5. The van der Waals surface area contributed by atoms with E-state index < -0.39 is 0 Å². The van der Waals surface area contributed by atoms with E-state index in [1.807, 2.05) is 18.0 Å². The molecule has 4 rings (SSSR count). The van der Waals surface area contributed by atoms with Crippen LogP contribution in [-0.4, -0.2) is 44.6 Å². The van der Waals surface area contributed by atoms with Gasteiger partial charge in [0.15, 0.2) is 0 Å². The third-order valence-corrected chi connectivity index (χ3v) is 6.65. The SMILES string of the molecule is CCN(C)c1ncnc2sc3c(=O)n(C4=CCC(SC)C=C4)cnc3c12. The summed E-state index contributed by atoms with van der Waals surface area (Å²) in [7, 11) is 1.98. The first-order chi connectivity index (χ1) is 12.6. The summed E-state index contributed by atoms with van der Waals surface area (Å²) < 4.78 is 2.25. The average Bonchev–Trinajstić information content (AvgIpc) is 3.07. The minimum absolute atomic E-state index is 0.0541. The van der Waals surface area contributed by atoms with Crippen LogP contribution < -0.4 is 10.5 Å². The van der Waals surface area contributed by atoms with Crippen LogP contribution in [0, 0.1) is 0 Å². The van der Waals surface area contributed by atoms with Crippen LogP contribution >= 0.6 is 23.1 Å². The Kier molecular flexibility index (Phi) is 4.54. The summed E-state index contributed by atoms with van der Waals surface area (Å²) >= 11 is 3.19. The highest BCUT2D eigenvalue weighted by Gasteiger charge is 2.19. The first-order valence-corrected chi connectivity index (χ1v) is 10.5. The lowest BCUT2D eigenvalue weighted by atomic mass is 10.1. The first-order valence-electron chi connectivity index (χ1n) is 8.41. The second kappa shape index (κ2) is 6.85. The van der Waals surface area contributed by atoms with E-state index in [-0.39, 0.29) is 5.56 Å². The summed E-state index contributed by atoms with van der Waals surface area (Å²) in [6.07, 6.45) is 12.4. The Morgan fingerprint density at radius 3 is 2.92 bits per heavy atom. The maximum atomic E-state index is 13.1. The number of allylic oxidation sites excluding steroid dienone is 3. The zero-order valence-electron chi connectivity index (χ0n) is 14.8. The van der Waals surface area contributed by atoms with Crippen LogP contribution in [0.1, 0.15) is 13.3 Å². The predicted octanol–water partition coefficient (Wildman–Crippen LogP) is 3.39. The molecule has 134 valence electrons. The van der Waals surface area contributed by atoms with Crippen LogP contribution in [0.3, 0.4) is 0 Å². The molecule has 0 radical (unpaired) electrons. The second-order valence-corrected chi connectivity index (χ2v) is 8.17. The quantitative estimate of drug-likeness (QED) is 0.686. The molecular weight excluding hydrogens is 366 g/mol. The number of aromatic nitrogens is 4. The minimum Gasteiger partial charge on any atom is -0.359 e. The average molecular weight is 386 g/mol. The summed E-state index contributed by atoms with van der Waals surface area (Å²) in [5, 5.41) is 1.33. The van der Waals surface area contributed by atoms with Crippen molar-refractivity contribution in [1.82, 2.24) is 19.5 Å². The van der Waals surface area contributed by atoms with Crippen molar-refractivity contribution in [2.24, 2.45) is 0 Å². The summed E-state index contributed by atoms with van der Waals surface area (Å²) in [6.45, 7) is 2.88. The monoisotopic (exact) mass is 385 g/mol. The van der Waals surface area contributed by atoms with Gasteiger partial charge in [0.1, 0.15) is 33.5 Å². The third kappa shape index (κ3) is 2.73. The second-order valence-electron chi connectivity index (χ2n) is 6.09. The molecule has 1 atom stereocenters. The highest BCUT2D eigenvalue weighted by atomic mass is 32.2. The van der Waals surface area contributed by atoms with E-state index in [9.17, 15) is 4.79 Å². The molecule has 1 aliphatic carbocycles. The molecule has 0 saturated carbocycles. The molecule has 26 heavy (non-hydrogen) atoms. The van der Waals surface area contributed by atoms with Gasteiger partial charge in [-0.3, -0.25) is 9.36 Å². The van der Waals surface area contributed by atoms with Crippen molar-refractivity contribution in [2.45, 2.75) is 18.6 Å². The van der Waals surface area contributed by atoms with Crippen molar-refractivity contribution < 1.29 is 0 Å². The minimum atomic E-state index is -0.0541. The van der Waals surface area contributed by atoms with Crippen molar-refractivity contribution in [3.05, 3.63) is 41.2 Å². The van der Waals surface area contributed by atoms with Gasteiger partial charge in [0.2, 0.25) is 0 Å². The van der Waals surface area contributed by atoms with E-state index in [4.69, 9.17) is 0 Å². The van der Waals surface area contributed by atoms with E-state index in [1.165, 1.54) is 11.3 Å².